The van der Waals surface area contributed by atoms with Crippen LogP contribution in [-0.2, 0) is 16.4 Å². The fourth-order valence-corrected chi connectivity index (χ4v) is 4.12. The van der Waals surface area contributed by atoms with Gasteiger partial charge >= 0.3 is 0 Å². The van der Waals surface area contributed by atoms with Gasteiger partial charge < -0.3 is 4.74 Å². The van der Waals surface area contributed by atoms with Crippen LogP contribution in [-0.4, -0.2) is 26.5 Å². The summed E-state index contributed by atoms with van der Waals surface area (Å²) in [5.74, 6) is 0.742. The van der Waals surface area contributed by atoms with E-state index in [0.717, 1.165) is 23.4 Å². The summed E-state index contributed by atoms with van der Waals surface area (Å²) in [4.78, 5) is 9.93. The van der Waals surface area contributed by atoms with E-state index in [9.17, 15) is 18.5 Å². The third-order valence-corrected chi connectivity index (χ3v) is 5.63. The molecule has 3 rings (SSSR count). The number of fused-ring (bicyclic) bond motifs is 1. The minimum Gasteiger partial charge on any atom is -0.493 e. The van der Waals surface area contributed by atoms with Gasteiger partial charge in [-0.1, -0.05) is 29.8 Å². The number of nitro groups is 1. The third-order valence-electron chi connectivity index (χ3n) is 3.92. The van der Waals surface area contributed by atoms with Gasteiger partial charge in [0.25, 0.3) is 5.69 Å². The average molecular weight is 383 g/mol. The SMILES string of the molecule is O=[N+]([O-])c1cc(Cl)ccc1S(=O)(=O)NCC1COc2ccccc2C1. The Kier molecular flexibility index (Phi) is 4.94. The van der Waals surface area contributed by atoms with Gasteiger partial charge in [-0.15, -0.1) is 0 Å². The molecule has 9 heteroatoms. The lowest BCUT2D eigenvalue weighted by Crippen LogP contribution is -2.35. The summed E-state index contributed by atoms with van der Waals surface area (Å²) in [5, 5.41) is 11.2. The number of nitro benzene ring substituents is 1. The van der Waals surface area contributed by atoms with E-state index >= 15 is 0 Å². The first-order valence-electron chi connectivity index (χ1n) is 7.51. The van der Waals surface area contributed by atoms with E-state index in [0.29, 0.717) is 13.0 Å². The highest BCUT2D eigenvalue weighted by molar-refractivity contribution is 7.89. The first-order chi connectivity index (χ1) is 11.9. The van der Waals surface area contributed by atoms with Crippen LogP contribution in [0.3, 0.4) is 0 Å². The van der Waals surface area contributed by atoms with Gasteiger partial charge in [-0.2, -0.15) is 0 Å². The second-order valence-corrected chi connectivity index (χ2v) is 7.88. The minimum absolute atomic E-state index is 0.0592. The molecule has 0 aromatic heterocycles. The zero-order valence-corrected chi connectivity index (χ0v) is 14.6. The number of ether oxygens (including phenoxy) is 1. The molecule has 0 bridgehead atoms. The van der Waals surface area contributed by atoms with Gasteiger partial charge in [0.05, 0.1) is 11.5 Å². The number of nitrogens with zero attached hydrogens (tertiary/aromatic N) is 1. The van der Waals surface area contributed by atoms with Crippen molar-refractivity contribution in [3.05, 3.63) is 63.2 Å². The van der Waals surface area contributed by atoms with Gasteiger partial charge in [0.1, 0.15) is 5.75 Å². The van der Waals surface area contributed by atoms with Crippen LogP contribution in [0, 0.1) is 16.0 Å². The smallest absolute Gasteiger partial charge is 0.290 e. The molecule has 0 radical (unpaired) electrons. The Labute approximate surface area is 149 Å². The first kappa shape index (κ1) is 17.7. The highest BCUT2D eigenvalue weighted by Crippen LogP contribution is 2.29. The van der Waals surface area contributed by atoms with Crippen molar-refractivity contribution in [2.24, 2.45) is 5.92 Å². The number of benzene rings is 2. The van der Waals surface area contributed by atoms with E-state index in [-0.39, 0.29) is 17.5 Å². The molecule has 1 unspecified atom stereocenters. The molecule has 25 heavy (non-hydrogen) atoms. The second-order valence-electron chi connectivity index (χ2n) is 5.71. The maximum Gasteiger partial charge on any atom is 0.290 e. The molecule has 1 heterocycles. The summed E-state index contributed by atoms with van der Waals surface area (Å²) in [6, 6.07) is 11.0. The first-order valence-corrected chi connectivity index (χ1v) is 9.37. The summed E-state index contributed by atoms with van der Waals surface area (Å²) in [7, 11) is -4.04. The van der Waals surface area contributed by atoms with Crippen LogP contribution >= 0.6 is 11.6 Å². The molecule has 2 aromatic carbocycles. The lowest BCUT2D eigenvalue weighted by Gasteiger charge is -2.25. The van der Waals surface area contributed by atoms with Crippen molar-refractivity contribution < 1.29 is 18.1 Å². The number of para-hydroxylation sites is 1. The average Bonchev–Trinajstić information content (AvgIpc) is 2.59. The largest absolute Gasteiger partial charge is 0.493 e. The van der Waals surface area contributed by atoms with Crippen molar-refractivity contribution >= 4 is 27.3 Å². The zero-order chi connectivity index (χ0) is 18.0. The van der Waals surface area contributed by atoms with E-state index in [4.69, 9.17) is 16.3 Å². The molecule has 132 valence electrons. The molecule has 0 fully saturated rings. The number of rotatable bonds is 5. The summed E-state index contributed by atoms with van der Waals surface area (Å²) in [6.45, 7) is 0.499. The molecule has 1 aliphatic rings. The fraction of sp³-hybridized carbons (Fsp3) is 0.250. The van der Waals surface area contributed by atoms with Crippen LogP contribution < -0.4 is 9.46 Å². The quantitative estimate of drug-likeness (QED) is 0.633. The molecular formula is C16H15ClN2O5S. The lowest BCUT2D eigenvalue weighted by atomic mass is 9.97. The Bertz CT molecular complexity index is 916. The number of hydrogen-bond acceptors (Lipinski definition) is 5. The molecular weight excluding hydrogens is 368 g/mol. The molecule has 1 N–H and O–H groups in total. The van der Waals surface area contributed by atoms with E-state index in [1.54, 1.807) is 0 Å². The highest BCUT2D eigenvalue weighted by atomic mass is 35.5. The van der Waals surface area contributed by atoms with Crippen molar-refractivity contribution in [2.45, 2.75) is 11.3 Å². The Hall–Kier alpha value is -2.16. The van der Waals surface area contributed by atoms with Gasteiger partial charge in [-0.25, -0.2) is 13.1 Å². The summed E-state index contributed by atoms with van der Waals surface area (Å²) >= 11 is 5.72. The predicted molar refractivity (Wildman–Crippen MR) is 92.4 cm³/mol. The van der Waals surface area contributed by atoms with Crippen LogP contribution in [0.4, 0.5) is 5.69 Å². The maximum atomic E-state index is 12.5. The second kappa shape index (κ2) is 6.99. The molecule has 0 amide bonds. The maximum absolute atomic E-state index is 12.5. The molecule has 2 aromatic rings. The Morgan fingerprint density at radius 3 is 2.80 bits per heavy atom. The molecule has 0 saturated heterocycles. The number of sulfonamides is 1. The fourth-order valence-electron chi connectivity index (χ4n) is 2.69. The highest BCUT2D eigenvalue weighted by Gasteiger charge is 2.28. The number of hydrogen-bond donors (Lipinski definition) is 1. The Balaban J connectivity index is 1.74. The number of nitrogens with one attached hydrogen (secondary N) is 1. The van der Waals surface area contributed by atoms with Crippen molar-refractivity contribution in [3.63, 3.8) is 0 Å². The Morgan fingerprint density at radius 1 is 1.28 bits per heavy atom. The van der Waals surface area contributed by atoms with Crippen LogP contribution in [0.2, 0.25) is 5.02 Å². The van der Waals surface area contributed by atoms with Gasteiger partial charge in [-0.05, 0) is 30.2 Å². The van der Waals surface area contributed by atoms with Crippen LogP contribution in [0.25, 0.3) is 0 Å². The predicted octanol–water partition coefficient (Wildman–Crippen LogP) is 2.78. The molecule has 0 saturated carbocycles. The van der Waals surface area contributed by atoms with E-state index < -0.39 is 25.5 Å². The topological polar surface area (TPSA) is 98.5 Å². The minimum atomic E-state index is -4.04. The Morgan fingerprint density at radius 2 is 2.04 bits per heavy atom. The van der Waals surface area contributed by atoms with Crippen LogP contribution in [0.1, 0.15) is 5.56 Å². The van der Waals surface area contributed by atoms with Gasteiger partial charge in [0, 0.05) is 23.6 Å². The molecule has 1 atom stereocenters. The third kappa shape index (κ3) is 3.92. The van der Waals surface area contributed by atoms with Gasteiger partial charge in [0.2, 0.25) is 10.0 Å². The van der Waals surface area contributed by atoms with Gasteiger partial charge in [0.15, 0.2) is 4.90 Å². The number of halogens is 1. The summed E-state index contributed by atoms with van der Waals surface area (Å²) < 4.78 is 33.0. The van der Waals surface area contributed by atoms with E-state index in [2.05, 4.69) is 4.72 Å². The molecule has 0 spiro atoms. The van der Waals surface area contributed by atoms with Gasteiger partial charge in [-0.3, -0.25) is 10.1 Å². The van der Waals surface area contributed by atoms with Crippen molar-refractivity contribution in [1.29, 1.82) is 0 Å². The summed E-state index contributed by atoms with van der Waals surface area (Å²) in [6.07, 6.45) is 0.668. The monoisotopic (exact) mass is 382 g/mol. The van der Waals surface area contributed by atoms with Crippen LogP contribution in [0.15, 0.2) is 47.4 Å². The lowest BCUT2D eigenvalue weighted by molar-refractivity contribution is -0.387. The van der Waals surface area contributed by atoms with E-state index in [1.807, 2.05) is 24.3 Å². The summed E-state index contributed by atoms with van der Waals surface area (Å²) in [5.41, 5.74) is 0.459. The van der Waals surface area contributed by atoms with Crippen LogP contribution in [0.5, 0.6) is 5.75 Å². The van der Waals surface area contributed by atoms with Crippen molar-refractivity contribution in [1.82, 2.24) is 4.72 Å². The van der Waals surface area contributed by atoms with Crippen molar-refractivity contribution in [3.8, 4) is 5.75 Å². The zero-order valence-electron chi connectivity index (χ0n) is 13.0. The standard InChI is InChI=1S/C16H15ClN2O5S/c17-13-5-6-16(14(8-13)19(20)21)25(22,23)18-9-11-7-12-3-1-2-4-15(12)24-10-11/h1-6,8,11,18H,7,9-10H2. The molecule has 7 nitrogen and oxygen atoms in total. The molecule has 1 aliphatic heterocycles. The van der Waals surface area contributed by atoms with E-state index in [1.165, 1.54) is 6.07 Å². The molecule has 0 aliphatic carbocycles. The normalized spacial score (nSPS) is 16.8. The van der Waals surface area contributed by atoms with Crippen molar-refractivity contribution in [2.75, 3.05) is 13.2 Å².